The van der Waals surface area contributed by atoms with Gasteiger partial charge in [0.15, 0.2) is 10.8 Å². The van der Waals surface area contributed by atoms with Gasteiger partial charge in [0.1, 0.15) is 0 Å². The van der Waals surface area contributed by atoms with Crippen molar-refractivity contribution in [2.24, 2.45) is 0 Å². The number of halogens is 1. The van der Waals surface area contributed by atoms with Gasteiger partial charge in [0, 0.05) is 17.8 Å². The Balaban J connectivity index is 2.32. The quantitative estimate of drug-likeness (QED) is 0.679. The highest BCUT2D eigenvalue weighted by molar-refractivity contribution is 6.29. The Morgan fingerprint density at radius 2 is 2.47 bits per heavy atom. The van der Waals surface area contributed by atoms with Crippen molar-refractivity contribution in [3.05, 3.63) is 28.7 Å². The number of nitriles is 1. The fourth-order valence-electron chi connectivity index (χ4n) is 2.08. The molecule has 0 N–H and O–H groups in total. The SMILES string of the molecule is N#CC1CCc2c1cnc1cc(Cl)nn21. The largest absolute Gasteiger partial charge is 0.237 e. The first kappa shape index (κ1) is 8.69. The van der Waals surface area contributed by atoms with Gasteiger partial charge in [-0.05, 0) is 12.8 Å². The van der Waals surface area contributed by atoms with Gasteiger partial charge in [0.25, 0.3) is 0 Å². The number of hydrogen-bond acceptors (Lipinski definition) is 3. The third kappa shape index (κ3) is 1.13. The lowest BCUT2D eigenvalue weighted by Crippen LogP contribution is -2.00. The van der Waals surface area contributed by atoms with Crippen molar-refractivity contribution in [2.45, 2.75) is 18.8 Å². The Bertz CT molecular complexity index is 581. The number of fused-ring (bicyclic) bond motifs is 3. The Hall–Kier alpha value is -1.60. The lowest BCUT2D eigenvalue weighted by Gasteiger charge is -2.02. The minimum absolute atomic E-state index is 0.0418. The summed E-state index contributed by atoms with van der Waals surface area (Å²) in [6.45, 7) is 0. The molecular weight excluding hydrogens is 212 g/mol. The summed E-state index contributed by atoms with van der Waals surface area (Å²) in [4.78, 5) is 4.24. The molecule has 3 rings (SSSR count). The van der Waals surface area contributed by atoms with Crippen molar-refractivity contribution in [2.75, 3.05) is 0 Å². The summed E-state index contributed by atoms with van der Waals surface area (Å²) in [7, 11) is 0. The summed E-state index contributed by atoms with van der Waals surface area (Å²) in [5.74, 6) is -0.0418. The Labute approximate surface area is 91.1 Å². The summed E-state index contributed by atoms with van der Waals surface area (Å²) in [6.07, 6.45) is 3.48. The van der Waals surface area contributed by atoms with E-state index in [0.717, 1.165) is 29.7 Å². The van der Waals surface area contributed by atoms with Crippen LogP contribution in [0.5, 0.6) is 0 Å². The molecule has 0 fully saturated rings. The van der Waals surface area contributed by atoms with Crippen molar-refractivity contribution in [1.82, 2.24) is 14.6 Å². The molecule has 0 radical (unpaired) electrons. The van der Waals surface area contributed by atoms with E-state index in [4.69, 9.17) is 16.9 Å². The van der Waals surface area contributed by atoms with E-state index >= 15 is 0 Å². The number of aromatic nitrogens is 3. The normalized spacial score (nSPS) is 19.1. The van der Waals surface area contributed by atoms with Crippen LogP contribution in [0.1, 0.15) is 23.6 Å². The van der Waals surface area contributed by atoms with E-state index in [9.17, 15) is 0 Å². The van der Waals surface area contributed by atoms with Crippen molar-refractivity contribution < 1.29 is 0 Å². The summed E-state index contributed by atoms with van der Waals surface area (Å²) in [5, 5.41) is 13.6. The molecule has 0 spiro atoms. The van der Waals surface area contributed by atoms with E-state index in [1.54, 1.807) is 16.8 Å². The van der Waals surface area contributed by atoms with Gasteiger partial charge in [0.05, 0.1) is 17.7 Å². The molecule has 0 amide bonds. The highest BCUT2D eigenvalue weighted by atomic mass is 35.5. The second-order valence-electron chi connectivity index (χ2n) is 3.62. The highest BCUT2D eigenvalue weighted by Gasteiger charge is 2.25. The zero-order valence-electron chi connectivity index (χ0n) is 7.81. The van der Waals surface area contributed by atoms with Crippen LogP contribution in [0.3, 0.4) is 0 Å². The highest BCUT2D eigenvalue weighted by Crippen LogP contribution is 2.32. The third-order valence-corrected chi connectivity index (χ3v) is 2.97. The first-order valence-corrected chi connectivity index (χ1v) is 5.10. The topological polar surface area (TPSA) is 54.0 Å². The lowest BCUT2D eigenvalue weighted by atomic mass is 10.1. The van der Waals surface area contributed by atoms with Gasteiger partial charge in [-0.15, -0.1) is 0 Å². The number of nitrogens with zero attached hydrogens (tertiary/aromatic N) is 4. The smallest absolute Gasteiger partial charge is 0.156 e. The minimum atomic E-state index is -0.0418. The summed E-state index contributed by atoms with van der Waals surface area (Å²) < 4.78 is 1.75. The van der Waals surface area contributed by atoms with Crippen LogP contribution in [0.4, 0.5) is 0 Å². The molecule has 0 aromatic carbocycles. The van der Waals surface area contributed by atoms with Crippen LogP contribution in [0, 0.1) is 11.3 Å². The fraction of sp³-hybridized carbons (Fsp3) is 0.300. The van der Waals surface area contributed by atoms with Gasteiger partial charge in [-0.25, -0.2) is 9.50 Å². The molecule has 74 valence electrons. The molecule has 0 bridgehead atoms. The third-order valence-electron chi connectivity index (χ3n) is 2.79. The van der Waals surface area contributed by atoms with E-state index in [1.807, 2.05) is 0 Å². The molecule has 0 aliphatic heterocycles. The zero-order chi connectivity index (χ0) is 10.4. The van der Waals surface area contributed by atoms with Crippen LogP contribution < -0.4 is 0 Å². The molecule has 4 nitrogen and oxygen atoms in total. The van der Waals surface area contributed by atoms with Gasteiger partial charge < -0.3 is 0 Å². The predicted molar refractivity (Wildman–Crippen MR) is 54.7 cm³/mol. The van der Waals surface area contributed by atoms with E-state index in [-0.39, 0.29) is 5.92 Å². The first-order valence-electron chi connectivity index (χ1n) is 4.72. The van der Waals surface area contributed by atoms with Crippen molar-refractivity contribution in [3.63, 3.8) is 0 Å². The Morgan fingerprint density at radius 3 is 3.27 bits per heavy atom. The molecule has 0 saturated heterocycles. The molecule has 5 heteroatoms. The molecular formula is C10H7ClN4. The molecule has 2 aromatic heterocycles. The maximum Gasteiger partial charge on any atom is 0.156 e. The van der Waals surface area contributed by atoms with Crippen molar-refractivity contribution in [3.8, 4) is 6.07 Å². The lowest BCUT2D eigenvalue weighted by molar-refractivity contribution is 0.805. The van der Waals surface area contributed by atoms with Crippen molar-refractivity contribution in [1.29, 1.82) is 5.26 Å². The Morgan fingerprint density at radius 1 is 1.60 bits per heavy atom. The molecule has 0 saturated carbocycles. The molecule has 2 aromatic rings. The van der Waals surface area contributed by atoms with Crippen LogP contribution in [0.2, 0.25) is 5.15 Å². The van der Waals surface area contributed by atoms with Gasteiger partial charge in [-0.2, -0.15) is 10.4 Å². The molecule has 1 aliphatic rings. The predicted octanol–water partition coefficient (Wildman–Crippen LogP) is 1.94. The minimum Gasteiger partial charge on any atom is -0.237 e. The standard InChI is InChI=1S/C10H7ClN4/c11-9-3-10-13-5-7-6(4-12)1-2-8(7)15(10)14-9/h3,5-6H,1-2H2. The average Bonchev–Trinajstić information content (AvgIpc) is 2.78. The maximum atomic E-state index is 8.96. The van der Waals surface area contributed by atoms with Crippen molar-refractivity contribution >= 4 is 17.2 Å². The zero-order valence-corrected chi connectivity index (χ0v) is 8.57. The number of hydrogen-bond donors (Lipinski definition) is 0. The summed E-state index contributed by atoms with van der Waals surface area (Å²) >= 11 is 5.82. The van der Waals surface area contributed by atoms with E-state index in [2.05, 4.69) is 16.2 Å². The van der Waals surface area contributed by atoms with Gasteiger partial charge in [-0.3, -0.25) is 0 Å². The maximum absolute atomic E-state index is 8.96. The van der Waals surface area contributed by atoms with E-state index in [0.29, 0.717) is 5.15 Å². The molecule has 2 heterocycles. The molecule has 1 aliphatic carbocycles. The van der Waals surface area contributed by atoms with Crippen LogP contribution in [0.15, 0.2) is 12.3 Å². The van der Waals surface area contributed by atoms with Crippen LogP contribution >= 0.6 is 11.6 Å². The number of aryl methyl sites for hydroxylation is 1. The van der Waals surface area contributed by atoms with Crippen LogP contribution in [-0.4, -0.2) is 14.6 Å². The molecule has 1 unspecified atom stereocenters. The summed E-state index contributed by atoms with van der Waals surface area (Å²) in [5.41, 5.74) is 2.81. The first-order chi connectivity index (χ1) is 7.29. The average molecular weight is 219 g/mol. The Kier molecular flexibility index (Phi) is 1.70. The fourth-order valence-corrected chi connectivity index (χ4v) is 2.25. The second kappa shape index (κ2) is 2.94. The van der Waals surface area contributed by atoms with Gasteiger partial charge >= 0.3 is 0 Å². The van der Waals surface area contributed by atoms with Gasteiger partial charge in [-0.1, -0.05) is 11.6 Å². The molecule has 1 atom stereocenters. The monoisotopic (exact) mass is 218 g/mol. The summed E-state index contributed by atoms with van der Waals surface area (Å²) in [6, 6.07) is 4.00. The molecule has 15 heavy (non-hydrogen) atoms. The van der Waals surface area contributed by atoms with E-state index < -0.39 is 0 Å². The number of rotatable bonds is 0. The van der Waals surface area contributed by atoms with E-state index in [1.165, 1.54) is 0 Å². The second-order valence-corrected chi connectivity index (χ2v) is 4.00. The van der Waals surface area contributed by atoms with Crippen LogP contribution in [-0.2, 0) is 6.42 Å². The van der Waals surface area contributed by atoms with Crippen LogP contribution in [0.25, 0.3) is 5.65 Å². The van der Waals surface area contributed by atoms with Gasteiger partial charge in [0.2, 0.25) is 0 Å².